The van der Waals surface area contributed by atoms with Gasteiger partial charge >= 0.3 is 18.5 Å². The van der Waals surface area contributed by atoms with Gasteiger partial charge in [-0.1, -0.05) is 0 Å². The molecule has 0 unspecified atom stereocenters. The van der Waals surface area contributed by atoms with Crippen LogP contribution in [0.4, 0.5) is 45.2 Å². The lowest BCUT2D eigenvalue weighted by Crippen LogP contribution is -2.19. The van der Waals surface area contributed by atoms with Gasteiger partial charge in [-0.15, -0.1) is 0 Å². The number of benzene rings is 1. The fourth-order valence-corrected chi connectivity index (χ4v) is 1.47. The van der Waals surface area contributed by atoms with Gasteiger partial charge in [0.1, 0.15) is 0 Å². The number of carbonyl (C=O) groups is 1. The molecule has 11 heteroatoms. The number of rotatable bonds is 2. The highest BCUT2D eigenvalue weighted by Gasteiger charge is 2.44. The average Bonchev–Trinajstić information content (AvgIpc) is 2.24. The standard InChI is InChI=1S/C10H4F9NO/c11-8(12,13)4-1-5(9(14,15)16)7(20-3-21)6(2-4)10(17,18)19/h1-3H,(H,20,21). The Morgan fingerprint density at radius 1 is 0.762 bits per heavy atom. The maximum absolute atomic E-state index is 12.6. The molecule has 118 valence electrons. The van der Waals surface area contributed by atoms with Gasteiger partial charge in [-0.3, -0.25) is 4.79 Å². The third kappa shape index (κ3) is 3.79. The first-order valence-electron chi connectivity index (χ1n) is 4.88. The predicted molar refractivity (Wildman–Crippen MR) is 51.1 cm³/mol. The van der Waals surface area contributed by atoms with E-state index in [0.29, 0.717) is 0 Å². The SMILES string of the molecule is O=CNc1c(C(F)(F)F)cc(C(F)(F)F)cc1C(F)(F)F. The Morgan fingerprint density at radius 2 is 1.14 bits per heavy atom. The number of halogens is 9. The van der Waals surface area contributed by atoms with Crippen LogP contribution < -0.4 is 5.32 Å². The maximum Gasteiger partial charge on any atom is 0.418 e. The van der Waals surface area contributed by atoms with Crippen LogP contribution in [0, 0.1) is 0 Å². The van der Waals surface area contributed by atoms with E-state index in [1.807, 2.05) is 0 Å². The Hall–Kier alpha value is -1.94. The number of alkyl halides is 9. The van der Waals surface area contributed by atoms with Crippen LogP contribution in [0.15, 0.2) is 12.1 Å². The summed E-state index contributed by atoms with van der Waals surface area (Å²) in [4.78, 5) is 10.1. The normalized spacial score (nSPS) is 13.2. The largest absolute Gasteiger partial charge is 0.418 e. The third-order valence-corrected chi connectivity index (χ3v) is 2.28. The second-order valence-electron chi connectivity index (χ2n) is 3.70. The van der Waals surface area contributed by atoms with Crippen LogP contribution >= 0.6 is 0 Å². The zero-order chi connectivity index (χ0) is 16.6. The lowest BCUT2D eigenvalue weighted by Gasteiger charge is -2.20. The molecule has 0 saturated heterocycles. The van der Waals surface area contributed by atoms with Gasteiger partial charge in [0, 0.05) is 0 Å². The molecule has 1 aromatic rings. The molecular formula is C10H4F9NO. The van der Waals surface area contributed by atoms with Crippen LogP contribution in [0.25, 0.3) is 0 Å². The lowest BCUT2D eigenvalue weighted by atomic mass is 10.0. The van der Waals surface area contributed by atoms with Gasteiger partial charge in [-0.25, -0.2) is 0 Å². The second-order valence-corrected chi connectivity index (χ2v) is 3.70. The highest BCUT2D eigenvalue weighted by Crippen LogP contribution is 2.45. The summed E-state index contributed by atoms with van der Waals surface area (Å²) in [5, 5.41) is 1.15. The van der Waals surface area contributed by atoms with E-state index in [2.05, 4.69) is 0 Å². The molecule has 0 aliphatic rings. The molecule has 0 heterocycles. The molecule has 2 nitrogen and oxygen atoms in total. The molecule has 0 spiro atoms. The van der Waals surface area contributed by atoms with Crippen molar-refractivity contribution in [1.29, 1.82) is 0 Å². The first-order valence-corrected chi connectivity index (χ1v) is 4.88. The summed E-state index contributed by atoms with van der Waals surface area (Å²) in [6.45, 7) is 0. The highest BCUT2D eigenvalue weighted by atomic mass is 19.4. The highest BCUT2D eigenvalue weighted by molar-refractivity contribution is 5.77. The Bertz CT molecular complexity index is 506. The van der Waals surface area contributed by atoms with Crippen molar-refractivity contribution in [3.8, 4) is 0 Å². The Morgan fingerprint density at radius 3 is 1.38 bits per heavy atom. The van der Waals surface area contributed by atoms with Crippen LogP contribution in [0.3, 0.4) is 0 Å². The van der Waals surface area contributed by atoms with E-state index in [1.54, 1.807) is 0 Å². The minimum atomic E-state index is -5.52. The van der Waals surface area contributed by atoms with Crippen LogP contribution in [0.5, 0.6) is 0 Å². The van der Waals surface area contributed by atoms with Gasteiger partial charge in [0.15, 0.2) is 0 Å². The molecular weight excluding hydrogens is 321 g/mol. The Balaban J connectivity index is 3.79. The summed E-state index contributed by atoms with van der Waals surface area (Å²) >= 11 is 0. The van der Waals surface area contributed by atoms with Crippen LogP contribution in [-0.4, -0.2) is 6.41 Å². The average molecular weight is 325 g/mol. The molecule has 1 N–H and O–H groups in total. The number of hydrogen-bond acceptors (Lipinski definition) is 1. The van der Waals surface area contributed by atoms with Crippen molar-refractivity contribution in [2.24, 2.45) is 0 Å². The van der Waals surface area contributed by atoms with E-state index in [9.17, 15) is 44.3 Å². The molecule has 1 amide bonds. The molecule has 1 aromatic carbocycles. The number of nitrogens with one attached hydrogen (secondary N) is 1. The quantitative estimate of drug-likeness (QED) is 0.637. The summed E-state index contributed by atoms with van der Waals surface area (Å²) in [6, 6.07) is -0.998. The van der Waals surface area contributed by atoms with Gasteiger partial charge in [-0.05, 0) is 12.1 Å². The smallest absolute Gasteiger partial charge is 0.328 e. The van der Waals surface area contributed by atoms with Crippen molar-refractivity contribution in [2.45, 2.75) is 18.5 Å². The van der Waals surface area contributed by atoms with Crippen LogP contribution in [0.2, 0.25) is 0 Å². The fraction of sp³-hybridized carbons (Fsp3) is 0.300. The van der Waals surface area contributed by atoms with Gasteiger partial charge in [-0.2, -0.15) is 39.5 Å². The van der Waals surface area contributed by atoms with Crippen molar-refractivity contribution in [1.82, 2.24) is 0 Å². The Labute approximate surface area is 110 Å². The third-order valence-electron chi connectivity index (χ3n) is 2.28. The molecule has 0 fully saturated rings. The summed E-state index contributed by atoms with van der Waals surface area (Å²) in [6.07, 6.45) is -17.0. The van der Waals surface area contributed by atoms with Gasteiger partial charge < -0.3 is 5.32 Å². The summed E-state index contributed by atoms with van der Waals surface area (Å²) < 4.78 is 113. The molecule has 0 aliphatic heterocycles. The zero-order valence-corrected chi connectivity index (χ0v) is 9.54. The van der Waals surface area contributed by atoms with Crippen LogP contribution in [-0.2, 0) is 23.3 Å². The molecule has 1 rings (SSSR count). The first-order chi connectivity index (χ1) is 9.28. The number of anilines is 1. The molecule has 0 saturated carbocycles. The van der Waals surface area contributed by atoms with E-state index < -0.39 is 59.4 Å². The zero-order valence-electron chi connectivity index (χ0n) is 9.54. The molecule has 0 radical (unpaired) electrons. The van der Waals surface area contributed by atoms with Crippen molar-refractivity contribution in [3.05, 3.63) is 28.8 Å². The molecule has 0 aromatic heterocycles. The van der Waals surface area contributed by atoms with Gasteiger partial charge in [0.05, 0.1) is 22.4 Å². The van der Waals surface area contributed by atoms with E-state index >= 15 is 0 Å². The monoisotopic (exact) mass is 325 g/mol. The predicted octanol–water partition coefficient (Wildman–Crippen LogP) is 4.31. The van der Waals surface area contributed by atoms with Crippen molar-refractivity contribution in [2.75, 3.05) is 5.32 Å². The summed E-state index contributed by atoms with van der Waals surface area (Å²) in [5.41, 5.74) is -8.38. The van der Waals surface area contributed by atoms with E-state index in [0.717, 1.165) is 5.32 Å². The number of amides is 1. The minimum Gasteiger partial charge on any atom is -0.328 e. The van der Waals surface area contributed by atoms with Crippen LogP contribution in [0.1, 0.15) is 16.7 Å². The minimum absolute atomic E-state index is 0.493. The van der Waals surface area contributed by atoms with E-state index in [1.165, 1.54) is 0 Å². The van der Waals surface area contributed by atoms with Crippen molar-refractivity contribution >= 4 is 12.1 Å². The van der Waals surface area contributed by atoms with E-state index in [4.69, 9.17) is 0 Å². The fourth-order valence-electron chi connectivity index (χ4n) is 1.47. The number of hydrogen-bond donors (Lipinski definition) is 1. The van der Waals surface area contributed by atoms with Gasteiger partial charge in [0.2, 0.25) is 6.41 Å². The van der Waals surface area contributed by atoms with Gasteiger partial charge in [0.25, 0.3) is 0 Å². The van der Waals surface area contributed by atoms with E-state index in [-0.39, 0.29) is 0 Å². The molecule has 0 atom stereocenters. The molecule has 21 heavy (non-hydrogen) atoms. The summed E-state index contributed by atoms with van der Waals surface area (Å²) in [5.74, 6) is 0. The topological polar surface area (TPSA) is 29.1 Å². The summed E-state index contributed by atoms with van der Waals surface area (Å²) in [7, 11) is 0. The molecule has 0 bridgehead atoms. The maximum atomic E-state index is 12.6. The Kier molecular flexibility index (Phi) is 4.17. The van der Waals surface area contributed by atoms with Crippen molar-refractivity contribution < 1.29 is 44.3 Å². The lowest BCUT2D eigenvalue weighted by molar-refractivity contribution is -0.147. The second kappa shape index (κ2) is 5.11. The number of carbonyl (C=O) groups excluding carboxylic acids is 1. The van der Waals surface area contributed by atoms with Crippen molar-refractivity contribution in [3.63, 3.8) is 0 Å². The first kappa shape index (κ1) is 17.1. The molecule has 0 aliphatic carbocycles.